The second kappa shape index (κ2) is 5.45. The van der Waals surface area contributed by atoms with E-state index in [-0.39, 0.29) is 23.7 Å². The zero-order chi connectivity index (χ0) is 17.0. The third-order valence-corrected chi connectivity index (χ3v) is 6.00. The monoisotopic (exact) mass is 333 g/mol. The Morgan fingerprint density at radius 3 is 1.92 bits per heavy atom. The number of anilines is 1. The molecule has 1 heterocycles. The third kappa shape index (κ3) is 2.20. The summed E-state index contributed by atoms with van der Waals surface area (Å²) in [5.41, 5.74) is 0.657. The van der Waals surface area contributed by atoms with Gasteiger partial charge >= 0.3 is 0 Å². The molecule has 2 aromatic rings. The highest BCUT2D eigenvalue weighted by Crippen LogP contribution is 2.56. The quantitative estimate of drug-likeness (QED) is 0.797. The van der Waals surface area contributed by atoms with Crippen LogP contribution in [0.5, 0.6) is 11.5 Å². The van der Waals surface area contributed by atoms with Gasteiger partial charge < -0.3 is 4.74 Å². The second-order valence-electron chi connectivity index (χ2n) is 7.31. The fourth-order valence-electron chi connectivity index (χ4n) is 4.95. The summed E-state index contributed by atoms with van der Waals surface area (Å²) in [6.45, 7) is 0. The molecule has 0 N–H and O–H groups in total. The molecule has 4 heteroatoms. The molecule has 0 radical (unpaired) electrons. The van der Waals surface area contributed by atoms with E-state index in [0.29, 0.717) is 23.3 Å². The predicted molar refractivity (Wildman–Crippen MR) is 93.3 cm³/mol. The lowest BCUT2D eigenvalue weighted by molar-refractivity contribution is -0.123. The summed E-state index contributed by atoms with van der Waals surface area (Å²) in [6, 6.07) is 16.8. The summed E-state index contributed by atoms with van der Waals surface area (Å²) in [7, 11) is 0. The average Bonchev–Trinajstić information content (AvgIpc) is 3.31. The van der Waals surface area contributed by atoms with Crippen molar-refractivity contribution in [1.29, 1.82) is 0 Å². The van der Waals surface area contributed by atoms with E-state index >= 15 is 0 Å². The summed E-state index contributed by atoms with van der Waals surface area (Å²) in [5, 5.41) is 0. The van der Waals surface area contributed by atoms with E-state index in [4.69, 9.17) is 4.74 Å². The zero-order valence-corrected chi connectivity index (χ0v) is 13.8. The Labute approximate surface area is 146 Å². The van der Waals surface area contributed by atoms with Crippen molar-refractivity contribution in [1.82, 2.24) is 0 Å². The first-order valence-corrected chi connectivity index (χ1v) is 8.93. The number of amides is 2. The number of benzene rings is 2. The SMILES string of the molecule is O=C1[C@@H]2[C@@H]3CC[C@H](C3)[C@@H]2C(=O)N1c1ccc(Oc2ccccc2)cc1. The molecule has 2 aliphatic carbocycles. The van der Waals surface area contributed by atoms with Crippen LogP contribution < -0.4 is 9.64 Å². The number of nitrogens with zero attached hydrogens (tertiary/aromatic N) is 1. The van der Waals surface area contributed by atoms with Gasteiger partial charge in [-0.15, -0.1) is 0 Å². The van der Waals surface area contributed by atoms with Gasteiger partial charge in [0.25, 0.3) is 0 Å². The van der Waals surface area contributed by atoms with Gasteiger partial charge in [0.2, 0.25) is 11.8 Å². The van der Waals surface area contributed by atoms with Gasteiger partial charge in [-0.1, -0.05) is 18.2 Å². The fraction of sp³-hybridized carbons (Fsp3) is 0.333. The molecule has 3 aliphatic rings. The smallest absolute Gasteiger partial charge is 0.237 e. The number of carbonyl (C=O) groups excluding carboxylic acids is 2. The Morgan fingerprint density at radius 2 is 1.32 bits per heavy atom. The number of hydrogen-bond donors (Lipinski definition) is 0. The molecule has 1 saturated heterocycles. The number of carbonyl (C=O) groups is 2. The van der Waals surface area contributed by atoms with E-state index in [1.807, 2.05) is 42.5 Å². The van der Waals surface area contributed by atoms with Gasteiger partial charge in [-0.3, -0.25) is 14.5 Å². The van der Waals surface area contributed by atoms with Crippen LogP contribution in [0.1, 0.15) is 19.3 Å². The van der Waals surface area contributed by atoms with Crippen LogP contribution in [0.15, 0.2) is 54.6 Å². The van der Waals surface area contributed by atoms with Gasteiger partial charge in [0, 0.05) is 0 Å². The standard InChI is InChI=1S/C21H19NO3/c23-20-18-13-6-7-14(12-13)19(18)21(24)22(20)15-8-10-17(11-9-15)25-16-4-2-1-3-5-16/h1-5,8-11,13-14,18-19H,6-7,12H2/t13-,14-,18-,19+/m1/s1. The fourth-order valence-corrected chi connectivity index (χ4v) is 4.95. The highest BCUT2D eigenvalue weighted by Gasteiger charge is 2.61. The molecule has 126 valence electrons. The van der Waals surface area contributed by atoms with Crippen LogP contribution in [0.3, 0.4) is 0 Å². The number of fused-ring (bicyclic) bond motifs is 5. The molecule has 2 saturated carbocycles. The van der Waals surface area contributed by atoms with Crippen LogP contribution in [0.25, 0.3) is 0 Å². The molecule has 5 rings (SSSR count). The topological polar surface area (TPSA) is 46.6 Å². The van der Waals surface area contributed by atoms with Crippen molar-refractivity contribution >= 4 is 17.5 Å². The van der Waals surface area contributed by atoms with Crippen molar-refractivity contribution in [3.05, 3.63) is 54.6 Å². The number of imide groups is 1. The summed E-state index contributed by atoms with van der Waals surface area (Å²) < 4.78 is 5.78. The molecule has 3 fully saturated rings. The Hall–Kier alpha value is -2.62. The highest BCUT2D eigenvalue weighted by molar-refractivity contribution is 6.22. The van der Waals surface area contributed by atoms with E-state index in [9.17, 15) is 9.59 Å². The van der Waals surface area contributed by atoms with Gasteiger partial charge in [-0.25, -0.2) is 0 Å². The summed E-state index contributed by atoms with van der Waals surface area (Å²) in [5.74, 6) is 2.12. The van der Waals surface area contributed by atoms with Crippen LogP contribution in [0.4, 0.5) is 5.69 Å². The lowest BCUT2D eigenvalue weighted by Crippen LogP contribution is -2.32. The zero-order valence-electron chi connectivity index (χ0n) is 13.8. The van der Waals surface area contributed by atoms with E-state index < -0.39 is 0 Å². The van der Waals surface area contributed by atoms with Gasteiger partial charge in [0.1, 0.15) is 11.5 Å². The maximum Gasteiger partial charge on any atom is 0.237 e. The second-order valence-corrected chi connectivity index (χ2v) is 7.31. The first-order chi connectivity index (χ1) is 12.2. The molecule has 0 spiro atoms. The molecule has 0 aromatic heterocycles. The number of rotatable bonds is 3. The van der Waals surface area contributed by atoms with Crippen molar-refractivity contribution in [3.63, 3.8) is 0 Å². The maximum absolute atomic E-state index is 12.8. The van der Waals surface area contributed by atoms with Crippen LogP contribution in [-0.4, -0.2) is 11.8 Å². The van der Waals surface area contributed by atoms with Crippen LogP contribution in [0, 0.1) is 23.7 Å². The van der Waals surface area contributed by atoms with Gasteiger partial charge in [-0.2, -0.15) is 0 Å². The summed E-state index contributed by atoms with van der Waals surface area (Å²) in [4.78, 5) is 27.1. The van der Waals surface area contributed by atoms with Crippen LogP contribution >= 0.6 is 0 Å². The lowest BCUT2D eigenvalue weighted by atomic mass is 9.81. The summed E-state index contributed by atoms with van der Waals surface area (Å²) >= 11 is 0. The Balaban J connectivity index is 1.39. The van der Waals surface area contributed by atoms with E-state index in [0.717, 1.165) is 25.0 Å². The minimum absolute atomic E-state index is 0.000993. The number of para-hydroxylation sites is 1. The first-order valence-electron chi connectivity index (χ1n) is 8.93. The Bertz CT molecular complexity index is 802. The molecule has 2 aromatic carbocycles. The van der Waals surface area contributed by atoms with Crippen LogP contribution in [0.2, 0.25) is 0 Å². The third-order valence-electron chi connectivity index (χ3n) is 6.00. The van der Waals surface area contributed by atoms with Gasteiger partial charge in [0.05, 0.1) is 17.5 Å². The molecule has 2 bridgehead atoms. The molecule has 4 atom stereocenters. The van der Waals surface area contributed by atoms with Crippen LogP contribution in [-0.2, 0) is 9.59 Å². The highest BCUT2D eigenvalue weighted by atomic mass is 16.5. The van der Waals surface area contributed by atoms with E-state index in [1.54, 1.807) is 12.1 Å². The molecule has 4 nitrogen and oxygen atoms in total. The van der Waals surface area contributed by atoms with Crippen molar-refractivity contribution in [3.8, 4) is 11.5 Å². The van der Waals surface area contributed by atoms with Crippen molar-refractivity contribution in [2.45, 2.75) is 19.3 Å². The number of ether oxygens (including phenoxy) is 1. The molecule has 1 aliphatic heterocycles. The van der Waals surface area contributed by atoms with E-state index in [2.05, 4.69) is 0 Å². The molecular weight excluding hydrogens is 314 g/mol. The van der Waals surface area contributed by atoms with Crippen molar-refractivity contribution in [2.75, 3.05) is 4.90 Å². The van der Waals surface area contributed by atoms with Crippen molar-refractivity contribution in [2.24, 2.45) is 23.7 Å². The Morgan fingerprint density at radius 1 is 0.760 bits per heavy atom. The minimum Gasteiger partial charge on any atom is -0.457 e. The predicted octanol–water partition coefficient (Wildman–Crippen LogP) is 4.01. The number of hydrogen-bond acceptors (Lipinski definition) is 3. The molecule has 25 heavy (non-hydrogen) atoms. The Kier molecular flexibility index (Phi) is 3.20. The molecular formula is C21H19NO3. The molecule has 2 amide bonds. The first kappa shape index (κ1) is 14.7. The maximum atomic E-state index is 12.8. The van der Waals surface area contributed by atoms with E-state index in [1.165, 1.54) is 4.90 Å². The normalized spacial score (nSPS) is 30.0. The van der Waals surface area contributed by atoms with Gasteiger partial charge in [0.15, 0.2) is 0 Å². The van der Waals surface area contributed by atoms with Crippen molar-refractivity contribution < 1.29 is 14.3 Å². The largest absolute Gasteiger partial charge is 0.457 e. The lowest BCUT2D eigenvalue weighted by Gasteiger charge is -2.19. The average molecular weight is 333 g/mol. The summed E-state index contributed by atoms with van der Waals surface area (Å²) in [6.07, 6.45) is 3.26. The van der Waals surface area contributed by atoms with Gasteiger partial charge in [-0.05, 0) is 67.5 Å². The minimum atomic E-state index is -0.0773. The molecule has 0 unspecified atom stereocenters.